The van der Waals surface area contributed by atoms with E-state index in [-0.39, 0.29) is 57.4 Å². The Labute approximate surface area is 58.2 Å². The first-order valence-corrected chi connectivity index (χ1v) is 0. The van der Waals surface area contributed by atoms with Crippen LogP contribution in [0.4, 0.5) is 0 Å². The predicted octanol–water partition coefficient (Wildman–Crippen LogP) is -0.982. The van der Waals surface area contributed by atoms with Gasteiger partial charge in [-0.15, -0.1) is 0 Å². The first-order chi connectivity index (χ1) is 0. The molecule has 8 heavy (non-hydrogen) atoms. The van der Waals surface area contributed by atoms with Crippen molar-refractivity contribution in [3.8, 4) is 0 Å². The van der Waals surface area contributed by atoms with Crippen LogP contribution in [0.3, 0.4) is 0 Å². The van der Waals surface area contributed by atoms with Crippen LogP contribution in [0.25, 0.3) is 0 Å². The van der Waals surface area contributed by atoms with Crippen molar-refractivity contribution in [2.45, 2.75) is 0 Å². The largest absolute Gasteiger partial charge is 4.00 e. The fourth-order valence-electron chi connectivity index (χ4n) is 0. The summed E-state index contributed by atoms with van der Waals surface area (Å²) in [6.07, 6.45) is 0. The molecule has 0 radical (unpaired) electrons. The van der Waals surface area contributed by atoms with E-state index in [1.165, 1.54) is 0 Å². The average Bonchev–Trinajstić information content (AvgIpc) is 0. The molecule has 6 N–H and O–H groups in total. The summed E-state index contributed by atoms with van der Waals surface area (Å²) in [4.78, 5) is 0. The third-order valence-corrected chi connectivity index (χ3v) is 0. The second-order valence-electron chi connectivity index (χ2n) is 0. The Morgan fingerprint density at radius 1 is 0.375 bits per heavy atom. The minimum atomic E-state index is 0. The first kappa shape index (κ1) is 5620. The topological polar surface area (TPSA) is 180 Å². The fourth-order valence-corrected chi connectivity index (χ4v) is 0. The molecule has 0 saturated heterocycles. The molecule has 0 bridgehead atoms. The normalized spacial score (nSPS) is 0. The van der Waals surface area contributed by atoms with E-state index in [0.29, 0.717) is 0 Å². The molecule has 7 heteroatoms. The Balaban J connectivity index is 0. The fraction of sp³-hybridized carbons (Fsp3) is 0. The van der Waals surface area contributed by atoms with Crippen molar-refractivity contribution in [2.24, 2.45) is 0 Å². The molecule has 0 atom stereocenters. The van der Waals surface area contributed by atoms with Crippen LogP contribution >= 0.6 is 0 Å². The molecule has 0 aliphatic rings. The van der Waals surface area contributed by atoms with Crippen molar-refractivity contribution >= 4 is 0 Å². The molecular formula is CH6FeO6. The quantitative estimate of drug-likeness (QED) is 0.420. The SMILES string of the molecule is [C+4].[Fe+2].[OH-].[OH-].[OH-].[OH-].[OH-].[OH-]. The molecule has 0 rings (SSSR count). The monoisotopic (exact) mass is 170 g/mol. The van der Waals surface area contributed by atoms with Crippen LogP contribution in [-0.4, -0.2) is 32.9 Å². The molecule has 0 aliphatic carbocycles. The first-order valence-electron chi connectivity index (χ1n) is 0. The van der Waals surface area contributed by atoms with Crippen LogP contribution in [0, 0.1) is 7.43 Å². The summed E-state index contributed by atoms with van der Waals surface area (Å²) in [5.41, 5.74) is 0. The van der Waals surface area contributed by atoms with Crippen LogP contribution in [-0.2, 0) is 17.1 Å². The molecule has 0 saturated carbocycles. The molecule has 0 aromatic heterocycles. The Bertz CT molecular complexity index is 8.49. The van der Waals surface area contributed by atoms with Crippen molar-refractivity contribution < 1.29 is 49.9 Å². The Kier molecular flexibility index (Phi) is 2580000. The number of rotatable bonds is 0. The third kappa shape index (κ3) is 2240. The average molecular weight is 170 g/mol. The van der Waals surface area contributed by atoms with Crippen LogP contribution < -0.4 is 0 Å². The molecular weight excluding hydrogens is 164 g/mol. The molecule has 6 nitrogen and oxygen atoms in total. The van der Waals surface area contributed by atoms with Gasteiger partial charge in [0, 0.05) is 0 Å². The van der Waals surface area contributed by atoms with Crippen LogP contribution in [0.15, 0.2) is 0 Å². The van der Waals surface area contributed by atoms with Gasteiger partial charge in [-0.3, -0.25) is 0 Å². The minimum absolute atomic E-state index is 0. The van der Waals surface area contributed by atoms with Gasteiger partial charge in [-0.2, -0.15) is 0 Å². The van der Waals surface area contributed by atoms with E-state index in [1.807, 2.05) is 0 Å². The van der Waals surface area contributed by atoms with Gasteiger partial charge in [-0.1, -0.05) is 0 Å². The zero-order chi connectivity index (χ0) is 0. The second-order valence-corrected chi connectivity index (χ2v) is 0. The van der Waals surface area contributed by atoms with Crippen molar-refractivity contribution in [3.05, 3.63) is 7.43 Å². The smallest absolute Gasteiger partial charge is 0.870 e. The summed E-state index contributed by atoms with van der Waals surface area (Å²) in [5, 5.41) is 0. The van der Waals surface area contributed by atoms with E-state index >= 15 is 0 Å². The second kappa shape index (κ2) is 3670. The minimum Gasteiger partial charge on any atom is -0.870 e. The van der Waals surface area contributed by atoms with Gasteiger partial charge in [0.1, 0.15) is 0 Å². The van der Waals surface area contributed by atoms with Gasteiger partial charge in [-0.25, -0.2) is 0 Å². The maximum absolute atomic E-state index is 0. The van der Waals surface area contributed by atoms with Crippen LogP contribution in [0.5, 0.6) is 0 Å². The van der Waals surface area contributed by atoms with Gasteiger partial charge >= 0.3 is 24.5 Å². The van der Waals surface area contributed by atoms with Crippen molar-refractivity contribution in [3.63, 3.8) is 0 Å². The molecule has 0 heterocycles. The van der Waals surface area contributed by atoms with Crippen molar-refractivity contribution in [1.29, 1.82) is 0 Å². The number of hydrogen-bond acceptors (Lipinski definition) is 6. The van der Waals surface area contributed by atoms with Gasteiger partial charge < -0.3 is 32.9 Å². The zero-order valence-electron chi connectivity index (χ0n) is 3.54. The van der Waals surface area contributed by atoms with Gasteiger partial charge in [0.2, 0.25) is 0 Å². The molecule has 54 valence electrons. The summed E-state index contributed by atoms with van der Waals surface area (Å²) in [7, 11) is 0. The summed E-state index contributed by atoms with van der Waals surface area (Å²) < 4.78 is 0. The van der Waals surface area contributed by atoms with Gasteiger partial charge in [-0.05, 0) is 0 Å². The Morgan fingerprint density at radius 3 is 0.375 bits per heavy atom. The Hall–Kier alpha value is 0.279. The molecule has 0 unspecified atom stereocenters. The van der Waals surface area contributed by atoms with E-state index in [9.17, 15) is 0 Å². The summed E-state index contributed by atoms with van der Waals surface area (Å²) in [6, 6.07) is 0. The molecule has 0 aromatic rings. The zero-order valence-corrected chi connectivity index (χ0v) is 4.64. The summed E-state index contributed by atoms with van der Waals surface area (Å²) in [5.74, 6) is 0. The standard InChI is InChI=1S/C.Fe.6H2O/h;;6*1H2/q+4;+2;;;;;;/p-6. The van der Waals surface area contributed by atoms with E-state index < -0.39 is 0 Å². The summed E-state index contributed by atoms with van der Waals surface area (Å²) >= 11 is 0. The maximum Gasteiger partial charge on any atom is 4.00 e. The van der Waals surface area contributed by atoms with Crippen LogP contribution in [0.1, 0.15) is 0 Å². The summed E-state index contributed by atoms with van der Waals surface area (Å²) in [6.45, 7) is 0. The molecule has 0 amide bonds. The third-order valence-electron chi connectivity index (χ3n) is 0. The van der Waals surface area contributed by atoms with Gasteiger partial charge in [0.15, 0.2) is 0 Å². The van der Waals surface area contributed by atoms with E-state index in [2.05, 4.69) is 0 Å². The van der Waals surface area contributed by atoms with Crippen LogP contribution in [0.2, 0.25) is 0 Å². The van der Waals surface area contributed by atoms with Gasteiger partial charge in [0.05, 0.1) is 0 Å². The molecule has 0 aliphatic heterocycles. The van der Waals surface area contributed by atoms with E-state index in [1.54, 1.807) is 0 Å². The predicted molar refractivity (Wildman–Crippen MR) is 14.9 cm³/mol. The van der Waals surface area contributed by atoms with Gasteiger partial charge in [0.25, 0.3) is 0 Å². The Morgan fingerprint density at radius 2 is 0.375 bits per heavy atom. The van der Waals surface area contributed by atoms with Crippen molar-refractivity contribution in [1.82, 2.24) is 0 Å². The van der Waals surface area contributed by atoms with E-state index in [0.717, 1.165) is 0 Å². The van der Waals surface area contributed by atoms with E-state index in [4.69, 9.17) is 0 Å². The van der Waals surface area contributed by atoms with Crippen molar-refractivity contribution in [2.75, 3.05) is 0 Å². The molecule has 0 spiro atoms. The maximum atomic E-state index is 0. The number of hydrogen-bond donors (Lipinski definition) is 0. The molecule has 0 aromatic carbocycles. The molecule has 0 fully saturated rings.